The Balaban J connectivity index is 0.000000169. The molecule has 0 fully saturated rings. The average Bonchev–Trinajstić information content (AvgIpc) is 3.46. The predicted octanol–water partition coefficient (Wildman–Crippen LogP) is 3.40. The first-order valence-electron chi connectivity index (χ1n) is 10.9. The van der Waals surface area contributed by atoms with Crippen LogP contribution in [0.4, 0.5) is 0 Å². The van der Waals surface area contributed by atoms with E-state index in [4.69, 9.17) is 5.73 Å². The quantitative estimate of drug-likeness (QED) is 0.423. The molecule has 0 saturated heterocycles. The second-order valence-corrected chi connectivity index (χ2v) is 8.20. The van der Waals surface area contributed by atoms with Crippen LogP contribution < -0.4 is 5.73 Å². The SMILES string of the molecule is Cn1c(CN)cc2cnccc21.Cn1c(CN2C(=O)c3ccccc3C2=O)cc2cnccc21. The summed E-state index contributed by atoms with van der Waals surface area (Å²) in [7, 11) is 3.94. The van der Waals surface area contributed by atoms with Gasteiger partial charge in [0.1, 0.15) is 0 Å². The van der Waals surface area contributed by atoms with Crippen molar-refractivity contribution in [1.29, 1.82) is 0 Å². The molecule has 5 aromatic rings. The topological polar surface area (TPSA) is 99.0 Å². The molecule has 1 aromatic carbocycles. The Morgan fingerprint density at radius 2 is 1.26 bits per heavy atom. The highest BCUT2D eigenvalue weighted by Crippen LogP contribution is 2.26. The Hall–Kier alpha value is -4.30. The number of nitrogens with zero attached hydrogens (tertiary/aromatic N) is 5. The summed E-state index contributed by atoms with van der Waals surface area (Å²) in [5.74, 6) is -0.465. The summed E-state index contributed by atoms with van der Waals surface area (Å²) in [5, 5.41) is 2.15. The van der Waals surface area contributed by atoms with Gasteiger partial charge in [0.2, 0.25) is 0 Å². The van der Waals surface area contributed by atoms with Crippen LogP contribution >= 0.6 is 0 Å². The van der Waals surface area contributed by atoms with Crippen molar-refractivity contribution >= 4 is 33.6 Å². The number of rotatable bonds is 3. The van der Waals surface area contributed by atoms with E-state index in [1.807, 2.05) is 43.1 Å². The van der Waals surface area contributed by atoms with Gasteiger partial charge >= 0.3 is 0 Å². The molecule has 0 atom stereocenters. The van der Waals surface area contributed by atoms with Crippen molar-refractivity contribution < 1.29 is 9.59 Å². The number of hydrogen-bond donors (Lipinski definition) is 1. The predicted molar refractivity (Wildman–Crippen MR) is 130 cm³/mol. The average molecular weight is 453 g/mol. The van der Waals surface area contributed by atoms with Crippen LogP contribution in [0.25, 0.3) is 21.8 Å². The van der Waals surface area contributed by atoms with E-state index in [0.717, 1.165) is 27.7 Å². The molecular formula is C26H24N6O2. The molecule has 2 N–H and O–H groups in total. The Labute approximate surface area is 196 Å². The summed E-state index contributed by atoms with van der Waals surface area (Å²) >= 11 is 0. The van der Waals surface area contributed by atoms with Gasteiger partial charge in [0, 0.05) is 67.6 Å². The number of fused-ring (bicyclic) bond motifs is 3. The zero-order valence-electron chi connectivity index (χ0n) is 19.0. The first-order chi connectivity index (χ1) is 16.5. The van der Waals surface area contributed by atoms with Crippen LogP contribution in [-0.4, -0.2) is 35.8 Å². The monoisotopic (exact) mass is 452 g/mol. The highest BCUT2D eigenvalue weighted by Gasteiger charge is 2.35. The van der Waals surface area contributed by atoms with Crippen molar-refractivity contribution in [3.63, 3.8) is 0 Å². The lowest BCUT2D eigenvalue weighted by Crippen LogP contribution is -2.29. The van der Waals surface area contributed by atoms with Crippen LogP contribution in [-0.2, 0) is 27.2 Å². The van der Waals surface area contributed by atoms with Crippen molar-refractivity contribution in [1.82, 2.24) is 24.0 Å². The first kappa shape index (κ1) is 21.5. The Bertz CT molecular complexity index is 1510. The number of nitrogens with two attached hydrogens (primary N) is 1. The highest BCUT2D eigenvalue weighted by atomic mass is 16.2. The Morgan fingerprint density at radius 1 is 0.765 bits per heavy atom. The number of hydrogen-bond acceptors (Lipinski definition) is 5. The van der Waals surface area contributed by atoms with Gasteiger partial charge in [-0.3, -0.25) is 24.5 Å². The lowest BCUT2D eigenvalue weighted by atomic mass is 10.1. The van der Waals surface area contributed by atoms with Gasteiger partial charge in [-0.1, -0.05) is 12.1 Å². The third kappa shape index (κ3) is 3.54. The number of pyridine rings is 2. The van der Waals surface area contributed by atoms with Crippen molar-refractivity contribution in [3.8, 4) is 0 Å². The summed E-state index contributed by atoms with van der Waals surface area (Å²) in [6.07, 6.45) is 7.16. The second kappa shape index (κ2) is 8.57. The van der Waals surface area contributed by atoms with Crippen LogP contribution in [0.3, 0.4) is 0 Å². The Kier molecular flexibility index (Phi) is 5.43. The lowest BCUT2D eigenvalue weighted by molar-refractivity contribution is 0.0639. The highest BCUT2D eigenvalue weighted by molar-refractivity contribution is 6.21. The number of carbonyl (C=O) groups excluding carboxylic acids is 2. The first-order valence-corrected chi connectivity index (χ1v) is 10.9. The molecule has 0 unspecified atom stereocenters. The molecule has 8 heteroatoms. The molecule has 1 aliphatic heterocycles. The number of aryl methyl sites for hydroxylation is 2. The molecule has 0 saturated carbocycles. The van der Waals surface area contributed by atoms with Crippen LogP contribution in [0.15, 0.2) is 73.3 Å². The van der Waals surface area contributed by atoms with Crippen LogP contribution in [0.5, 0.6) is 0 Å². The number of imide groups is 1. The molecular weight excluding hydrogens is 428 g/mol. The summed E-state index contributed by atoms with van der Waals surface area (Å²) in [5.41, 5.74) is 10.8. The fourth-order valence-electron chi connectivity index (χ4n) is 4.39. The molecule has 6 rings (SSSR count). The van der Waals surface area contributed by atoms with Gasteiger partial charge in [-0.25, -0.2) is 0 Å². The van der Waals surface area contributed by atoms with E-state index in [9.17, 15) is 9.59 Å². The third-order valence-corrected chi connectivity index (χ3v) is 6.29. The third-order valence-electron chi connectivity index (χ3n) is 6.29. The summed E-state index contributed by atoms with van der Waals surface area (Å²) in [6.45, 7) is 0.836. The summed E-state index contributed by atoms with van der Waals surface area (Å²) in [6, 6.07) is 14.9. The van der Waals surface area contributed by atoms with Crippen LogP contribution in [0.1, 0.15) is 32.1 Å². The molecule has 0 radical (unpaired) electrons. The van der Waals surface area contributed by atoms with E-state index in [1.165, 1.54) is 10.4 Å². The smallest absolute Gasteiger partial charge is 0.261 e. The van der Waals surface area contributed by atoms with Gasteiger partial charge in [-0.15, -0.1) is 0 Å². The van der Waals surface area contributed by atoms with E-state index in [1.54, 1.807) is 42.9 Å². The van der Waals surface area contributed by atoms with Gasteiger partial charge < -0.3 is 14.9 Å². The van der Waals surface area contributed by atoms with E-state index in [2.05, 4.69) is 20.6 Å². The van der Waals surface area contributed by atoms with Gasteiger partial charge in [0.15, 0.2) is 0 Å². The van der Waals surface area contributed by atoms with Crippen molar-refractivity contribution in [2.24, 2.45) is 19.8 Å². The van der Waals surface area contributed by atoms with Gasteiger partial charge in [-0.05, 0) is 36.4 Å². The fourth-order valence-corrected chi connectivity index (χ4v) is 4.39. The van der Waals surface area contributed by atoms with E-state index >= 15 is 0 Å². The molecule has 1 aliphatic rings. The van der Waals surface area contributed by atoms with Gasteiger partial charge in [0.25, 0.3) is 11.8 Å². The minimum Gasteiger partial charge on any atom is -0.346 e. The number of amides is 2. The number of carbonyl (C=O) groups is 2. The summed E-state index contributed by atoms with van der Waals surface area (Å²) in [4.78, 5) is 34.3. The van der Waals surface area contributed by atoms with Crippen molar-refractivity contribution in [3.05, 3.63) is 95.8 Å². The normalized spacial score (nSPS) is 12.9. The molecule has 2 amide bonds. The molecule has 8 nitrogen and oxygen atoms in total. The molecule has 0 aliphatic carbocycles. The molecule has 0 spiro atoms. The molecule has 4 aromatic heterocycles. The van der Waals surface area contributed by atoms with E-state index < -0.39 is 0 Å². The van der Waals surface area contributed by atoms with Crippen molar-refractivity contribution in [2.45, 2.75) is 13.1 Å². The largest absolute Gasteiger partial charge is 0.346 e. The maximum Gasteiger partial charge on any atom is 0.261 e. The maximum atomic E-state index is 12.4. The molecule has 5 heterocycles. The minimum absolute atomic E-state index is 0.232. The summed E-state index contributed by atoms with van der Waals surface area (Å²) < 4.78 is 4.08. The van der Waals surface area contributed by atoms with Crippen LogP contribution in [0, 0.1) is 0 Å². The fraction of sp³-hybridized carbons (Fsp3) is 0.154. The molecule has 34 heavy (non-hydrogen) atoms. The van der Waals surface area contributed by atoms with Crippen molar-refractivity contribution in [2.75, 3.05) is 0 Å². The van der Waals surface area contributed by atoms with E-state index in [0.29, 0.717) is 17.7 Å². The molecule has 170 valence electrons. The zero-order chi connectivity index (χ0) is 23.8. The standard InChI is InChI=1S/C17H13N3O2.C9H11N3/c1-19-12(8-11-9-18-7-6-15(11)19)10-20-16(21)13-4-2-3-5-14(13)17(20)22;1-12-8(5-10)4-7-6-11-3-2-9(7)12/h2-9H,10H2,1H3;2-4,6H,5,10H2,1H3. The second-order valence-electron chi connectivity index (χ2n) is 8.20. The number of aromatic nitrogens is 4. The van der Waals surface area contributed by atoms with Gasteiger partial charge in [-0.2, -0.15) is 0 Å². The number of benzene rings is 1. The van der Waals surface area contributed by atoms with E-state index in [-0.39, 0.29) is 18.4 Å². The lowest BCUT2D eigenvalue weighted by Gasteiger charge is -2.14. The molecule has 0 bridgehead atoms. The van der Waals surface area contributed by atoms with Gasteiger partial charge in [0.05, 0.1) is 28.7 Å². The van der Waals surface area contributed by atoms with Crippen LogP contribution in [0.2, 0.25) is 0 Å². The zero-order valence-corrected chi connectivity index (χ0v) is 19.0. The minimum atomic E-state index is -0.232. The Morgan fingerprint density at radius 3 is 1.76 bits per heavy atom. The maximum absolute atomic E-state index is 12.4.